The number of hydrogen-bond donors (Lipinski definition) is 2. The number of amides is 1. The standard InChI is InChI=1S/C31H42N8O/c1-37(2)29(40)26-15-24-19-33-30(36-28(24)39(26)25-5-3-4-6-25)35-27-8-7-23(18-32-27)22-9-13-38(14-10-22)20-21-16-31(17-21)11-12-34-31/h7-8,15,18-19,21-22,25,34H,3-6,9-14,16-17,20H2,1-2H3,(H,32,33,35,36). The van der Waals surface area contributed by atoms with E-state index >= 15 is 0 Å². The number of anilines is 2. The average molecular weight is 543 g/mol. The molecular formula is C31H42N8O. The number of likely N-dealkylation sites (tertiary alicyclic amines) is 1. The molecule has 0 atom stereocenters. The summed E-state index contributed by atoms with van der Waals surface area (Å²) < 4.78 is 2.15. The molecule has 9 heteroatoms. The topological polar surface area (TPSA) is 91.2 Å². The monoisotopic (exact) mass is 542 g/mol. The van der Waals surface area contributed by atoms with Crippen molar-refractivity contribution in [2.45, 2.75) is 75.3 Å². The number of carbonyl (C=O) groups excluding carboxylic acids is 1. The normalized spacial score (nSPS) is 25.7. The molecule has 2 aliphatic heterocycles. The number of rotatable bonds is 7. The molecule has 40 heavy (non-hydrogen) atoms. The lowest BCUT2D eigenvalue weighted by Crippen LogP contribution is -2.65. The van der Waals surface area contributed by atoms with Crippen molar-refractivity contribution in [2.75, 3.05) is 45.6 Å². The van der Waals surface area contributed by atoms with Crippen LogP contribution in [0.2, 0.25) is 0 Å². The molecule has 2 saturated carbocycles. The zero-order chi connectivity index (χ0) is 27.3. The molecule has 2 aliphatic carbocycles. The van der Waals surface area contributed by atoms with Crippen LogP contribution >= 0.6 is 0 Å². The Kier molecular flexibility index (Phi) is 6.74. The van der Waals surface area contributed by atoms with Gasteiger partial charge in [-0.1, -0.05) is 18.9 Å². The summed E-state index contributed by atoms with van der Waals surface area (Å²) in [4.78, 5) is 31.4. The van der Waals surface area contributed by atoms with Gasteiger partial charge in [0.05, 0.1) is 0 Å². The predicted molar refractivity (Wildman–Crippen MR) is 157 cm³/mol. The van der Waals surface area contributed by atoms with Gasteiger partial charge in [-0.2, -0.15) is 4.98 Å². The molecule has 0 unspecified atom stereocenters. The maximum atomic E-state index is 13.0. The number of carbonyl (C=O) groups is 1. The largest absolute Gasteiger partial charge is 0.343 e. The first-order valence-electron chi connectivity index (χ1n) is 15.3. The number of nitrogens with one attached hydrogen (secondary N) is 2. The fourth-order valence-electron chi connectivity index (χ4n) is 7.64. The van der Waals surface area contributed by atoms with Crippen molar-refractivity contribution in [1.82, 2.24) is 34.6 Å². The maximum Gasteiger partial charge on any atom is 0.270 e. The highest BCUT2D eigenvalue weighted by Crippen LogP contribution is 2.45. The van der Waals surface area contributed by atoms with Crippen molar-refractivity contribution >= 4 is 28.7 Å². The van der Waals surface area contributed by atoms with Gasteiger partial charge in [0.25, 0.3) is 5.91 Å². The summed E-state index contributed by atoms with van der Waals surface area (Å²) in [5, 5.41) is 7.86. The van der Waals surface area contributed by atoms with Gasteiger partial charge < -0.3 is 25.0 Å². The van der Waals surface area contributed by atoms with Crippen molar-refractivity contribution in [3.63, 3.8) is 0 Å². The summed E-state index contributed by atoms with van der Waals surface area (Å²) in [6, 6.07) is 6.49. The third-order valence-electron chi connectivity index (χ3n) is 9.96. The van der Waals surface area contributed by atoms with E-state index in [9.17, 15) is 4.79 Å². The molecule has 0 radical (unpaired) electrons. The van der Waals surface area contributed by atoms with Crippen LogP contribution in [0.3, 0.4) is 0 Å². The minimum Gasteiger partial charge on any atom is -0.343 e. The van der Waals surface area contributed by atoms with Gasteiger partial charge in [-0.15, -0.1) is 0 Å². The predicted octanol–water partition coefficient (Wildman–Crippen LogP) is 4.71. The molecule has 5 heterocycles. The van der Waals surface area contributed by atoms with Crippen LogP contribution in [0.15, 0.2) is 30.6 Å². The van der Waals surface area contributed by atoms with Crippen LogP contribution in [0.5, 0.6) is 0 Å². The Bertz CT molecular complexity index is 1360. The average Bonchev–Trinajstić information content (AvgIpc) is 3.57. The summed E-state index contributed by atoms with van der Waals surface area (Å²) in [7, 11) is 3.60. The summed E-state index contributed by atoms with van der Waals surface area (Å²) in [6.07, 6.45) is 14.9. The van der Waals surface area contributed by atoms with E-state index in [1.54, 1.807) is 19.0 Å². The quantitative estimate of drug-likeness (QED) is 0.447. The first-order valence-corrected chi connectivity index (χ1v) is 15.3. The van der Waals surface area contributed by atoms with E-state index in [0.29, 0.717) is 29.1 Å². The van der Waals surface area contributed by atoms with Crippen LogP contribution in [0.4, 0.5) is 11.8 Å². The van der Waals surface area contributed by atoms with Crippen LogP contribution in [0.25, 0.3) is 11.0 Å². The van der Waals surface area contributed by atoms with Crippen LogP contribution in [0.1, 0.15) is 85.8 Å². The van der Waals surface area contributed by atoms with E-state index in [1.165, 1.54) is 76.7 Å². The van der Waals surface area contributed by atoms with Crippen LogP contribution < -0.4 is 10.6 Å². The van der Waals surface area contributed by atoms with Gasteiger partial charge in [-0.25, -0.2) is 9.97 Å². The first kappa shape index (κ1) is 25.9. The minimum atomic E-state index is 0.00453. The van der Waals surface area contributed by atoms with Crippen LogP contribution in [0, 0.1) is 5.92 Å². The lowest BCUT2D eigenvalue weighted by Gasteiger charge is -2.56. The van der Waals surface area contributed by atoms with Crippen LogP contribution in [-0.4, -0.2) is 81.0 Å². The van der Waals surface area contributed by atoms with Crippen molar-refractivity contribution < 1.29 is 4.79 Å². The van der Waals surface area contributed by atoms with E-state index < -0.39 is 0 Å². The van der Waals surface area contributed by atoms with E-state index in [0.717, 1.165) is 35.6 Å². The number of aromatic nitrogens is 4. The molecule has 9 nitrogen and oxygen atoms in total. The highest BCUT2D eigenvalue weighted by atomic mass is 16.2. The van der Waals surface area contributed by atoms with E-state index in [2.05, 4.69) is 31.2 Å². The van der Waals surface area contributed by atoms with Crippen molar-refractivity contribution in [2.24, 2.45) is 5.92 Å². The van der Waals surface area contributed by atoms with Crippen LogP contribution in [-0.2, 0) is 0 Å². The lowest BCUT2D eigenvalue weighted by atomic mass is 9.63. The van der Waals surface area contributed by atoms with E-state index in [-0.39, 0.29) is 5.91 Å². The van der Waals surface area contributed by atoms with Crippen molar-refractivity contribution in [1.29, 1.82) is 0 Å². The Morgan fingerprint density at radius 3 is 2.52 bits per heavy atom. The Balaban J connectivity index is 0.999. The number of piperidine rings is 1. The van der Waals surface area contributed by atoms with E-state index in [1.807, 2.05) is 24.5 Å². The molecule has 1 spiro atoms. The van der Waals surface area contributed by atoms with Crippen molar-refractivity contribution in [3.8, 4) is 0 Å². The molecule has 0 bridgehead atoms. The van der Waals surface area contributed by atoms with E-state index in [4.69, 9.17) is 9.97 Å². The second kappa shape index (κ2) is 10.4. The molecule has 0 aromatic carbocycles. The highest BCUT2D eigenvalue weighted by Gasteiger charge is 2.48. The summed E-state index contributed by atoms with van der Waals surface area (Å²) in [5.41, 5.74) is 3.37. The smallest absolute Gasteiger partial charge is 0.270 e. The molecule has 3 aromatic heterocycles. The summed E-state index contributed by atoms with van der Waals surface area (Å²) in [5.74, 6) is 2.72. The second-order valence-corrected chi connectivity index (χ2v) is 12.9. The molecule has 3 aromatic rings. The first-order chi connectivity index (χ1) is 19.5. The van der Waals surface area contributed by atoms with Crippen molar-refractivity contribution in [3.05, 3.63) is 41.9 Å². The zero-order valence-electron chi connectivity index (χ0n) is 23.9. The third kappa shape index (κ3) is 4.87. The maximum absolute atomic E-state index is 13.0. The fraction of sp³-hybridized carbons (Fsp3) is 0.613. The van der Waals surface area contributed by atoms with Gasteiger partial charge in [-0.05, 0) is 94.1 Å². The zero-order valence-corrected chi connectivity index (χ0v) is 23.9. The minimum absolute atomic E-state index is 0.00453. The Morgan fingerprint density at radius 2 is 1.88 bits per heavy atom. The molecule has 2 N–H and O–H groups in total. The SMILES string of the molecule is CN(C)C(=O)c1cc2cnc(Nc3ccc(C4CCN(CC5CC6(CCN6)C5)CC4)cn3)nc2n1C1CCCC1. The van der Waals surface area contributed by atoms with Gasteiger partial charge in [-0.3, -0.25) is 4.79 Å². The number of pyridine rings is 1. The molecule has 4 aliphatic rings. The molecule has 212 valence electrons. The molecule has 4 fully saturated rings. The molecule has 2 saturated heterocycles. The van der Waals surface area contributed by atoms with Gasteiger partial charge in [0.1, 0.15) is 17.2 Å². The lowest BCUT2D eigenvalue weighted by molar-refractivity contribution is 0.0150. The van der Waals surface area contributed by atoms with Gasteiger partial charge >= 0.3 is 0 Å². The van der Waals surface area contributed by atoms with Gasteiger partial charge in [0, 0.05) is 50.0 Å². The second-order valence-electron chi connectivity index (χ2n) is 12.9. The Morgan fingerprint density at radius 1 is 1.10 bits per heavy atom. The number of nitrogens with zero attached hydrogens (tertiary/aromatic N) is 6. The van der Waals surface area contributed by atoms with Gasteiger partial charge in [0.2, 0.25) is 5.95 Å². The molecule has 7 rings (SSSR count). The Labute approximate surface area is 236 Å². The summed E-state index contributed by atoms with van der Waals surface area (Å²) >= 11 is 0. The number of hydrogen-bond acceptors (Lipinski definition) is 7. The van der Waals surface area contributed by atoms with Gasteiger partial charge in [0.15, 0.2) is 0 Å². The fourth-order valence-corrected chi connectivity index (χ4v) is 7.64. The highest BCUT2D eigenvalue weighted by molar-refractivity contribution is 5.97. The molecular weight excluding hydrogens is 500 g/mol. The third-order valence-corrected chi connectivity index (χ3v) is 9.96. The molecule has 1 amide bonds. The Hall–Kier alpha value is -3.04. The summed E-state index contributed by atoms with van der Waals surface area (Å²) in [6.45, 7) is 4.87. The number of fused-ring (bicyclic) bond motifs is 1.